The van der Waals surface area contributed by atoms with Gasteiger partial charge in [0.15, 0.2) is 0 Å². The van der Waals surface area contributed by atoms with Gasteiger partial charge in [-0.2, -0.15) is 0 Å². The lowest BCUT2D eigenvalue weighted by atomic mass is 9.95. The van der Waals surface area contributed by atoms with E-state index < -0.39 is 0 Å². The van der Waals surface area contributed by atoms with Gasteiger partial charge in [0.1, 0.15) is 5.82 Å². The molecule has 0 aliphatic rings. The molecule has 0 aliphatic carbocycles. The van der Waals surface area contributed by atoms with Crippen LogP contribution in [0.4, 0.5) is 0 Å². The van der Waals surface area contributed by atoms with Crippen LogP contribution in [0.2, 0.25) is 0 Å². The molecule has 2 N–H and O–H groups in total. The molecule has 0 radical (unpaired) electrons. The third-order valence-corrected chi connectivity index (χ3v) is 3.31. The maximum absolute atomic E-state index is 6.16. The summed E-state index contributed by atoms with van der Waals surface area (Å²) in [6.45, 7) is 8.49. The van der Waals surface area contributed by atoms with E-state index in [9.17, 15) is 0 Å². The van der Waals surface area contributed by atoms with Gasteiger partial charge in [-0.1, -0.05) is 19.9 Å². The van der Waals surface area contributed by atoms with Crippen LogP contribution in [-0.4, -0.2) is 9.55 Å². The Morgan fingerprint density at radius 2 is 2.00 bits per heavy atom. The number of imidazole rings is 1. The number of hydrogen-bond acceptors (Lipinski definition) is 2. The summed E-state index contributed by atoms with van der Waals surface area (Å²) in [6.07, 6.45) is 1.01. The normalized spacial score (nSPS) is 12.6. The summed E-state index contributed by atoms with van der Waals surface area (Å²) in [4.78, 5) is 4.70. The molecule has 1 aromatic carbocycles. The van der Waals surface area contributed by atoms with Crippen LogP contribution in [0.5, 0.6) is 0 Å². The number of benzene rings is 1. The average Bonchev–Trinajstić information content (AvgIpc) is 2.53. The van der Waals surface area contributed by atoms with Gasteiger partial charge in [-0.05, 0) is 37.5 Å². The van der Waals surface area contributed by atoms with Crippen LogP contribution in [0.25, 0.3) is 11.0 Å². The van der Waals surface area contributed by atoms with Crippen molar-refractivity contribution in [1.82, 2.24) is 9.55 Å². The van der Waals surface area contributed by atoms with Crippen molar-refractivity contribution >= 4 is 11.0 Å². The van der Waals surface area contributed by atoms with Crippen LogP contribution in [0.3, 0.4) is 0 Å². The number of aromatic nitrogens is 2. The summed E-state index contributed by atoms with van der Waals surface area (Å²) < 4.78 is 2.19. The maximum Gasteiger partial charge on any atom is 0.109 e. The van der Waals surface area contributed by atoms with E-state index in [2.05, 4.69) is 43.7 Å². The second-order valence-electron chi connectivity index (χ2n) is 6.11. The molecule has 2 aromatic rings. The Hall–Kier alpha value is -1.35. The first-order valence-electron chi connectivity index (χ1n) is 6.53. The Kier molecular flexibility index (Phi) is 3.20. The molecule has 0 saturated heterocycles. The quantitative estimate of drug-likeness (QED) is 0.903. The predicted molar refractivity (Wildman–Crippen MR) is 76.5 cm³/mol. The zero-order valence-electron chi connectivity index (χ0n) is 12.0. The first-order valence-corrected chi connectivity index (χ1v) is 6.53. The number of nitrogens with zero attached hydrogens (tertiary/aromatic N) is 2. The van der Waals surface area contributed by atoms with Crippen molar-refractivity contribution in [2.24, 2.45) is 18.7 Å². The van der Waals surface area contributed by atoms with E-state index in [1.165, 1.54) is 5.52 Å². The highest BCUT2D eigenvalue weighted by atomic mass is 15.1. The molecule has 0 spiro atoms. The molecule has 98 valence electrons. The molecule has 2 rings (SSSR count). The van der Waals surface area contributed by atoms with Crippen LogP contribution in [0.1, 0.15) is 39.1 Å². The van der Waals surface area contributed by atoms with Crippen molar-refractivity contribution in [3.8, 4) is 0 Å². The zero-order chi connectivity index (χ0) is 13.5. The van der Waals surface area contributed by atoms with Crippen molar-refractivity contribution in [3.63, 3.8) is 0 Å². The van der Waals surface area contributed by atoms with Gasteiger partial charge in [-0.3, -0.25) is 0 Å². The van der Waals surface area contributed by atoms with E-state index in [0.29, 0.717) is 5.92 Å². The largest absolute Gasteiger partial charge is 0.331 e. The fraction of sp³-hybridized carbons (Fsp3) is 0.533. The molecule has 1 aromatic heterocycles. The SMILES string of the molecule is CC(C)Cc1nc2ccc(C(C)(C)N)cc2n1C. The molecule has 0 amide bonds. The lowest BCUT2D eigenvalue weighted by Gasteiger charge is -2.19. The summed E-state index contributed by atoms with van der Waals surface area (Å²) >= 11 is 0. The highest BCUT2D eigenvalue weighted by molar-refractivity contribution is 5.77. The number of hydrogen-bond donors (Lipinski definition) is 1. The Bertz CT molecular complexity index is 559. The maximum atomic E-state index is 6.16. The molecule has 0 fully saturated rings. The summed E-state index contributed by atoms with van der Waals surface area (Å²) in [5, 5.41) is 0. The van der Waals surface area contributed by atoms with E-state index in [-0.39, 0.29) is 5.54 Å². The van der Waals surface area contributed by atoms with Gasteiger partial charge < -0.3 is 10.3 Å². The molecule has 3 heteroatoms. The van der Waals surface area contributed by atoms with Crippen molar-refractivity contribution in [1.29, 1.82) is 0 Å². The van der Waals surface area contributed by atoms with Crippen LogP contribution in [0.15, 0.2) is 18.2 Å². The van der Waals surface area contributed by atoms with Crippen LogP contribution in [-0.2, 0) is 19.0 Å². The lowest BCUT2D eigenvalue weighted by molar-refractivity contribution is 0.555. The molecule has 0 bridgehead atoms. The van der Waals surface area contributed by atoms with Gasteiger partial charge >= 0.3 is 0 Å². The van der Waals surface area contributed by atoms with Gasteiger partial charge in [-0.25, -0.2) is 4.98 Å². The highest BCUT2D eigenvalue weighted by Gasteiger charge is 2.16. The van der Waals surface area contributed by atoms with E-state index in [1.54, 1.807) is 0 Å². The van der Waals surface area contributed by atoms with E-state index in [4.69, 9.17) is 10.7 Å². The molecule has 18 heavy (non-hydrogen) atoms. The van der Waals surface area contributed by atoms with Crippen molar-refractivity contribution in [2.45, 2.75) is 39.7 Å². The Morgan fingerprint density at radius 1 is 1.33 bits per heavy atom. The highest BCUT2D eigenvalue weighted by Crippen LogP contribution is 2.23. The number of fused-ring (bicyclic) bond motifs is 1. The van der Waals surface area contributed by atoms with Crippen LogP contribution in [0, 0.1) is 5.92 Å². The number of nitrogens with two attached hydrogens (primary N) is 1. The topological polar surface area (TPSA) is 43.8 Å². The number of rotatable bonds is 3. The minimum atomic E-state index is -0.309. The Balaban J connectivity index is 2.53. The van der Waals surface area contributed by atoms with Crippen LogP contribution >= 0.6 is 0 Å². The minimum absolute atomic E-state index is 0.309. The number of aryl methyl sites for hydroxylation is 1. The molecule has 0 unspecified atom stereocenters. The van der Waals surface area contributed by atoms with Gasteiger partial charge in [-0.15, -0.1) is 0 Å². The second kappa shape index (κ2) is 4.39. The molecular formula is C15H23N3. The third kappa shape index (κ3) is 2.41. The molecule has 0 aliphatic heterocycles. The fourth-order valence-corrected chi connectivity index (χ4v) is 2.19. The Labute approximate surface area is 109 Å². The third-order valence-electron chi connectivity index (χ3n) is 3.31. The second-order valence-corrected chi connectivity index (χ2v) is 6.11. The van der Waals surface area contributed by atoms with Crippen molar-refractivity contribution in [2.75, 3.05) is 0 Å². The van der Waals surface area contributed by atoms with E-state index in [1.807, 2.05) is 13.8 Å². The van der Waals surface area contributed by atoms with Crippen molar-refractivity contribution < 1.29 is 0 Å². The van der Waals surface area contributed by atoms with Gasteiger partial charge in [0, 0.05) is 19.0 Å². The molecular weight excluding hydrogens is 222 g/mol. The van der Waals surface area contributed by atoms with Gasteiger partial charge in [0.2, 0.25) is 0 Å². The minimum Gasteiger partial charge on any atom is -0.331 e. The predicted octanol–water partition coefficient (Wildman–Crippen LogP) is 2.97. The first-order chi connectivity index (χ1) is 8.29. The van der Waals surface area contributed by atoms with E-state index in [0.717, 1.165) is 23.3 Å². The first kappa shape index (κ1) is 13.1. The summed E-state index contributed by atoms with van der Waals surface area (Å²) in [6, 6.07) is 6.31. The summed E-state index contributed by atoms with van der Waals surface area (Å²) in [5.41, 5.74) is 9.22. The van der Waals surface area contributed by atoms with E-state index >= 15 is 0 Å². The fourth-order valence-electron chi connectivity index (χ4n) is 2.19. The zero-order valence-corrected chi connectivity index (χ0v) is 12.0. The lowest BCUT2D eigenvalue weighted by Crippen LogP contribution is -2.28. The molecule has 0 atom stereocenters. The molecule has 0 saturated carbocycles. The summed E-state index contributed by atoms with van der Waals surface area (Å²) in [5.74, 6) is 1.76. The monoisotopic (exact) mass is 245 g/mol. The van der Waals surface area contributed by atoms with Crippen LogP contribution < -0.4 is 5.73 Å². The molecule has 3 nitrogen and oxygen atoms in total. The van der Waals surface area contributed by atoms with Gasteiger partial charge in [0.05, 0.1) is 11.0 Å². The molecule has 1 heterocycles. The standard InChI is InChI=1S/C15H23N3/c1-10(2)8-14-17-12-7-6-11(15(3,4)16)9-13(12)18(14)5/h6-7,9-10H,8,16H2,1-5H3. The average molecular weight is 245 g/mol. The van der Waals surface area contributed by atoms with Gasteiger partial charge in [0.25, 0.3) is 0 Å². The van der Waals surface area contributed by atoms with Crippen molar-refractivity contribution in [3.05, 3.63) is 29.6 Å². The summed E-state index contributed by atoms with van der Waals surface area (Å²) in [7, 11) is 2.08. The Morgan fingerprint density at radius 3 is 2.56 bits per heavy atom. The smallest absolute Gasteiger partial charge is 0.109 e.